The van der Waals surface area contributed by atoms with Gasteiger partial charge in [-0.05, 0) is 48.9 Å². The molecule has 162 valence electrons. The van der Waals surface area contributed by atoms with E-state index in [0.717, 1.165) is 41.9 Å². The lowest BCUT2D eigenvalue weighted by atomic mass is 9.78. The van der Waals surface area contributed by atoms with Crippen molar-refractivity contribution in [1.82, 2.24) is 23.9 Å². The molecule has 1 atom stereocenters. The van der Waals surface area contributed by atoms with Gasteiger partial charge in [0.2, 0.25) is 5.69 Å². The van der Waals surface area contributed by atoms with E-state index in [1.54, 1.807) is 0 Å². The van der Waals surface area contributed by atoms with Crippen LogP contribution in [0.1, 0.15) is 40.1 Å². The molecule has 2 fully saturated rings. The minimum atomic E-state index is -0.517. The maximum absolute atomic E-state index is 13.5. The summed E-state index contributed by atoms with van der Waals surface area (Å²) in [6.07, 6.45) is 4.43. The van der Waals surface area contributed by atoms with Gasteiger partial charge in [-0.25, -0.2) is 0 Å². The summed E-state index contributed by atoms with van der Waals surface area (Å²) in [4.78, 5) is 42.6. The molecule has 5 rings (SSSR count). The highest BCUT2D eigenvalue weighted by molar-refractivity contribution is 6.99. The van der Waals surface area contributed by atoms with Crippen LogP contribution in [0.5, 0.6) is 0 Å². The van der Waals surface area contributed by atoms with Crippen LogP contribution in [-0.4, -0.2) is 62.8 Å². The molecule has 0 aliphatic carbocycles. The van der Waals surface area contributed by atoms with E-state index in [0.29, 0.717) is 25.3 Å². The SMILES string of the molecule is O=C(NCC1CC2(CCOCC2)CN1C(=O)c1ccc2[nH]ccc2c1)c1ns[nH]c1=O. The molecule has 4 heterocycles. The Morgan fingerprint density at radius 1 is 1.29 bits per heavy atom. The molecule has 1 unspecified atom stereocenters. The molecule has 3 aromatic rings. The van der Waals surface area contributed by atoms with Gasteiger partial charge in [0, 0.05) is 66.7 Å². The topological polar surface area (TPSA) is 120 Å². The van der Waals surface area contributed by atoms with Gasteiger partial charge in [-0.15, -0.1) is 0 Å². The normalized spacial score (nSPS) is 20.4. The van der Waals surface area contributed by atoms with E-state index < -0.39 is 11.5 Å². The Kier molecular flexibility index (Phi) is 5.11. The minimum Gasteiger partial charge on any atom is -0.381 e. The molecule has 1 spiro atoms. The summed E-state index contributed by atoms with van der Waals surface area (Å²) >= 11 is 0.845. The third-order valence-corrected chi connectivity index (χ3v) is 6.98. The first-order chi connectivity index (χ1) is 15.0. The molecule has 3 N–H and O–H groups in total. The fourth-order valence-corrected chi connectivity index (χ4v) is 5.22. The Labute approximate surface area is 182 Å². The fourth-order valence-electron chi connectivity index (χ4n) is 4.74. The van der Waals surface area contributed by atoms with Gasteiger partial charge in [0.15, 0.2) is 0 Å². The van der Waals surface area contributed by atoms with Crippen LogP contribution in [-0.2, 0) is 4.74 Å². The number of carbonyl (C=O) groups excluding carboxylic acids is 2. The Bertz CT molecular complexity index is 1180. The summed E-state index contributed by atoms with van der Waals surface area (Å²) in [6, 6.07) is 7.43. The predicted molar refractivity (Wildman–Crippen MR) is 115 cm³/mol. The highest BCUT2D eigenvalue weighted by Gasteiger charge is 2.46. The van der Waals surface area contributed by atoms with Gasteiger partial charge in [-0.3, -0.25) is 18.8 Å². The second-order valence-corrected chi connectivity index (χ2v) is 8.92. The van der Waals surface area contributed by atoms with E-state index >= 15 is 0 Å². The second-order valence-electron chi connectivity index (χ2n) is 8.36. The number of fused-ring (bicyclic) bond motifs is 1. The smallest absolute Gasteiger partial charge is 0.291 e. The Hall–Kier alpha value is -2.98. The highest BCUT2D eigenvalue weighted by Crippen LogP contribution is 2.43. The lowest BCUT2D eigenvalue weighted by Gasteiger charge is -2.33. The monoisotopic (exact) mass is 441 g/mol. The van der Waals surface area contributed by atoms with Gasteiger partial charge in [0.05, 0.1) is 0 Å². The Balaban J connectivity index is 1.38. The van der Waals surface area contributed by atoms with Crippen LogP contribution in [0.15, 0.2) is 35.3 Å². The number of amides is 2. The van der Waals surface area contributed by atoms with Crippen LogP contribution in [0.2, 0.25) is 0 Å². The molecule has 2 amide bonds. The third-order valence-electron chi connectivity index (χ3n) is 6.43. The molecule has 2 aliphatic rings. The summed E-state index contributed by atoms with van der Waals surface area (Å²) in [6.45, 7) is 2.28. The summed E-state index contributed by atoms with van der Waals surface area (Å²) in [5.41, 5.74) is 0.973. The number of aromatic amines is 2. The van der Waals surface area contributed by atoms with E-state index in [9.17, 15) is 14.4 Å². The van der Waals surface area contributed by atoms with E-state index in [2.05, 4.69) is 19.0 Å². The summed E-state index contributed by atoms with van der Waals surface area (Å²) in [5.74, 6) is -0.561. The first kappa shape index (κ1) is 20.0. The second kappa shape index (κ2) is 7.93. The van der Waals surface area contributed by atoms with Crippen molar-refractivity contribution in [2.24, 2.45) is 5.41 Å². The molecule has 1 aromatic carbocycles. The number of hydrogen-bond donors (Lipinski definition) is 3. The van der Waals surface area contributed by atoms with Crippen molar-refractivity contribution in [2.45, 2.75) is 25.3 Å². The Morgan fingerprint density at radius 2 is 2.13 bits per heavy atom. The van der Waals surface area contributed by atoms with Crippen molar-refractivity contribution >= 4 is 34.4 Å². The Morgan fingerprint density at radius 3 is 2.90 bits per heavy atom. The van der Waals surface area contributed by atoms with Gasteiger partial charge < -0.3 is 19.9 Å². The van der Waals surface area contributed by atoms with Crippen molar-refractivity contribution in [3.8, 4) is 0 Å². The molecule has 31 heavy (non-hydrogen) atoms. The number of nitrogens with zero attached hydrogens (tertiary/aromatic N) is 2. The number of rotatable bonds is 4. The van der Waals surface area contributed by atoms with Crippen LogP contribution in [0.3, 0.4) is 0 Å². The number of likely N-dealkylation sites (tertiary alicyclic amines) is 1. The van der Waals surface area contributed by atoms with Crippen LogP contribution in [0.4, 0.5) is 0 Å². The number of H-pyrrole nitrogens is 2. The molecule has 2 aromatic heterocycles. The van der Waals surface area contributed by atoms with E-state index in [1.807, 2.05) is 35.4 Å². The van der Waals surface area contributed by atoms with Crippen molar-refractivity contribution < 1.29 is 14.3 Å². The first-order valence-electron chi connectivity index (χ1n) is 10.3. The van der Waals surface area contributed by atoms with Crippen molar-refractivity contribution in [3.05, 3.63) is 52.1 Å². The quantitative estimate of drug-likeness (QED) is 0.570. The number of aromatic nitrogens is 3. The zero-order chi connectivity index (χ0) is 21.4. The van der Waals surface area contributed by atoms with Gasteiger partial charge in [-0.2, -0.15) is 4.37 Å². The van der Waals surface area contributed by atoms with Gasteiger partial charge in [-0.1, -0.05) is 0 Å². The summed E-state index contributed by atoms with van der Waals surface area (Å²) in [5, 5.41) is 3.79. The number of ether oxygens (including phenoxy) is 1. The number of nitrogens with one attached hydrogen (secondary N) is 3. The standard InChI is InChI=1S/C21H23N5O4S/c27-18(17-19(28)25-31-24-17)23-11-15-10-21(4-7-30-8-5-21)12-26(15)20(29)14-1-2-16-13(9-14)3-6-22-16/h1-3,6,9,15,22H,4-5,7-8,10-12H2,(H,23,27)(H,25,28). The summed E-state index contributed by atoms with van der Waals surface area (Å²) < 4.78 is 11.8. The van der Waals surface area contributed by atoms with E-state index in [-0.39, 0.29) is 29.6 Å². The first-order valence-corrected chi connectivity index (χ1v) is 11.1. The number of hydrogen-bond acceptors (Lipinski definition) is 6. The molecule has 0 saturated carbocycles. The van der Waals surface area contributed by atoms with Crippen LogP contribution in [0.25, 0.3) is 10.9 Å². The van der Waals surface area contributed by atoms with Crippen molar-refractivity contribution in [1.29, 1.82) is 0 Å². The molecule has 9 nitrogen and oxygen atoms in total. The average molecular weight is 442 g/mol. The van der Waals surface area contributed by atoms with Gasteiger partial charge >= 0.3 is 0 Å². The highest BCUT2D eigenvalue weighted by atomic mass is 32.1. The number of benzene rings is 1. The average Bonchev–Trinajstić information content (AvgIpc) is 3.50. The lowest BCUT2D eigenvalue weighted by molar-refractivity contribution is 0.0190. The zero-order valence-electron chi connectivity index (χ0n) is 16.8. The molecular formula is C21H23N5O4S. The molecule has 0 bridgehead atoms. The van der Waals surface area contributed by atoms with E-state index in [4.69, 9.17) is 4.74 Å². The third kappa shape index (κ3) is 3.77. The van der Waals surface area contributed by atoms with Crippen molar-refractivity contribution in [3.63, 3.8) is 0 Å². The zero-order valence-corrected chi connectivity index (χ0v) is 17.7. The molecule has 2 aliphatic heterocycles. The summed E-state index contributed by atoms with van der Waals surface area (Å²) in [7, 11) is 0. The lowest BCUT2D eigenvalue weighted by Crippen LogP contribution is -2.44. The molecule has 10 heteroatoms. The molecule has 2 saturated heterocycles. The van der Waals surface area contributed by atoms with Crippen LogP contribution < -0.4 is 10.9 Å². The number of carbonyl (C=O) groups is 2. The van der Waals surface area contributed by atoms with Gasteiger partial charge in [0.1, 0.15) is 0 Å². The molecular weight excluding hydrogens is 418 g/mol. The molecule has 0 radical (unpaired) electrons. The maximum atomic E-state index is 13.5. The van der Waals surface area contributed by atoms with Crippen LogP contribution in [0, 0.1) is 5.41 Å². The van der Waals surface area contributed by atoms with Gasteiger partial charge in [0.25, 0.3) is 17.4 Å². The van der Waals surface area contributed by atoms with Crippen LogP contribution >= 0.6 is 11.7 Å². The predicted octanol–water partition coefficient (Wildman–Crippen LogP) is 1.75. The largest absolute Gasteiger partial charge is 0.381 e. The van der Waals surface area contributed by atoms with E-state index in [1.165, 1.54) is 0 Å². The fraction of sp³-hybridized carbons (Fsp3) is 0.429. The minimum absolute atomic E-state index is 0.000403. The van der Waals surface area contributed by atoms with Crippen molar-refractivity contribution in [2.75, 3.05) is 26.3 Å². The maximum Gasteiger partial charge on any atom is 0.291 e.